The van der Waals surface area contributed by atoms with Crippen LogP contribution in [-0.2, 0) is 16.1 Å². The molecule has 4 N–H and O–H groups in total. The summed E-state index contributed by atoms with van der Waals surface area (Å²) in [6.45, 7) is 1.84. The largest absolute Gasteiger partial charge is 0.497 e. The third-order valence-electron chi connectivity index (χ3n) is 3.85. The van der Waals surface area contributed by atoms with Crippen LogP contribution in [0.4, 0.5) is 8.78 Å². The van der Waals surface area contributed by atoms with Crippen molar-refractivity contribution in [2.45, 2.75) is 19.6 Å². The molecule has 0 spiro atoms. The number of benzene rings is 2. The number of hydrogen-bond donors (Lipinski definition) is 3. The van der Waals surface area contributed by atoms with Crippen LogP contribution >= 0.6 is 0 Å². The summed E-state index contributed by atoms with van der Waals surface area (Å²) in [5.74, 6) is -2.57. The minimum Gasteiger partial charge on any atom is -0.497 e. The Labute approximate surface area is 155 Å². The van der Waals surface area contributed by atoms with E-state index in [9.17, 15) is 13.6 Å². The highest BCUT2D eigenvalue weighted by Crippen LogP contribution is 2.28. The molecular formula is C19H21F2N3O3. The minimum atomic E-state index is -1.43. The molecule has 0 aliphatic carbocycles. The van der Waals surface area contributed by atoms with Gasteiger partial charge >= 0.3 is 0 Å². The van der Waals surface area contributed by atoms with Gasteiger partial charge in [0.2, 0.25) is 0 Å². The van der Waals surface area contributed by atoms with E-state index in [1.165, 1.54) is 7.11 Å². The predicted molar refractivity (Wildman–Crippen MR) is 96.6 cm³/mol. The summed E-state index contributed by atoms with van der Waals surface area (Å²) < 4.78 is 38.7. The summed E-state index contributed by atoms with van der Waals surface area (Å²) >= 11 is 0. The van der Waals surface area contributed by atoms with E-state index in [0.717, 1.165) is 17.7 Å². The smallest absolute Gasteiger partial charge is 0.254 e. The van der Waals surface area contributed by atoms with E-state index < -0.39 is 29.2 Å². The van der Waals surface area contributed by atoms with Crippen LogP contribution in [0.3, 0.4) is 0 Å². The van der Waals surface area contributed by atoms with E-state index in [0.29, 0.717) is 5.56 Å². The standard InChI is InChI=1S/C19H21F2N3O3/c1-3-27-17(16-14(20)8-13(26-2)9-15(16)21)19(25)24-10-11-4-6-12(7-5-11)18(22)23/h4-9,17H,3,10H2,1-2H3,(H3,22,23)(H,24,25). The van der Waals surface area contributed by atoms with E-state index in [1.807, 2.05) is 0 Å². The Morgan fingerprint density at radius 2 is 1.81 bits per heavy atom. The van der Waals surface area contributed by atoms with Crippen molar-refractivity contribution in [1.82, 2.24) is 5.32 Å². The van der Waals surface area contributed by atoms with E-state index >= 15 is 0 Å². The molecule has 6 nitrogen and oxygen atoms in total. The zero-order valence-corrected chi connectivity index (χ0v) is 15.0. The third-order valence-corrected chi connectivity index (χ3v) is 3.85. The normalized spacial score (nSPS) is 11.7. The molecule has 8 heteroatoms. The molecule has 0 aliphatic rings. The summed E-state index contributed by atoms with van der Waals surface area (Å²) in [6, 6.07) is 8.68. The zero-order chi connectivity index (χ0) is 20.0. The number of nitrogens with one attached hydrogen (secondary N) is 2. The summed E-state index contributed by atoms with van der Waals surface area (Å²) in [6.07, 6.45) is -1.43. The monoisotopic (exact) mass is 377 g/mol. The van der Waals surface area contributed by atoms with E-state index in [1.54, 1.807) is 31.2 Å². The van der Waals surface area contributed by atoms with Crippen molar-refractivity contribution in [1.29, 1.82) is 5.41 Å². The second kappa shape index (κ2) is 9.09. The first kappa shape index (κ1) is 20.3. The number of carbonyl (C=O) groups excluding carboxylic acids is 1. The maximum Gasteiger partial charge on any atom is 0.254 e. The van der Waals surface area contributed by atoms with Gasteiger partial charge in [0.15, 0.2) is 6.10 Å². The molecule has 2 aromatic rings. The number of ether oxygens (including phenoxy) is 2. The number of nitrogens with two attached hydrogens (primary N) is 1. The third kappa shape index (κ3) is 5.01. The SMILES string of the molecule is CCOC(C(=O)NCc1ccc(C(=N)N)cc1)c1c(F)cc(OC)cc1F. The van der Waals surface area contributed by atoms with Crippen LogP contribution in [0.15, 0.2) is 36.4 Å². The van der Waals surface area contributed by atoms with Gasteiger partial charge in [-0.2, -0.15) is 0 Å². The molecular weight excluding hydrogens is 356 g/mol. The van der Waals surface area contributed by atoms with Crippen molar-refractivity contribution < 1.29 is 23.0 Å². The molecule has 2 rings (SSSR count). The maximum absolute atomic E-state index is 14.3. The van der Waals surface area contributed by atoms with Gasteiger partial charge in [-0.3, -0.25) is 10.2 Å². The lowest BCUT2D eigenvalue weighted by atomic mass is 10.1. The van der Waals surface area contributed by atoms with E-state index in [-0.39, 0.29) is 24.7 Å². The number of halogens is 2. The number of hydrogen-bond acceptors (Lipinski definition) is 4. The van der Waals surface area contributed by atoms with Crippen LogP contribution in [0.2, 0.25) is 0 Å². The van der Waals surface area contributed by atoms with Crippen molar-refractivity contribution in [3.63, 3.8) is 0 Å². The Hall–Kier alpha value is -3.00. The molecule has 144 valence electrons. The van der Waals surface area contributed by atoms with Crippen molar-refractivity contribution in [3.05, 3.63) is 64.7 Å². The molecule has 0 fully saturated rings. The van der Waals surface area contributed by atoms with Crippen molar-refractivity contribution in [2.24, 2.45) is 5.73 Å². The highest BCUT2D eigenvalue weighted by Gasteiger charge is 2.28. The molecule has 2 aromatic carbocycles. The average Bonchev–Trinajstić information content (AvgIpc) is 2.65. The second-order valence-corrected chi connectivity index (χ2v) is 5.67. The molecule has 0 bridgehead atoms. The summed E-state index contributed by atoms with van der Waals surface area (Å²) in [5, 5.41) is 9.96. The fourth-order valence-electron chi connectivity index (χ4n) is 2.47. The molecule has 1 unspecified atom stereocenters. The molecule has 0 aliphatic heterocycles. The second-order valence-electron chi connectivity index (χ2n) is 5.67. The molecule has 0 aromatic heterocycles. The number of methoxy groups -OCH3 is 1. The van der Waals surface area contributed by atoms with Crippen LogP contribution in [0, 0.1) is 17.0 Å². The molecule has 1 amide bonds. The van der Waals surface area contributed by atoms with Gasteiger partial charge in [-0.05, 0) is 12.5 Å². The minimum absolute atomic E-state index is 0.00923. The molecule has 27 heavy (non-hydrogen) atoms. The highest BCUT2D eigenvalue weighted by molar-refractivity contribution is 5.94. The van der Waals surface area contributed by atoms with Crippen molar-refractivity contribution >= 4 is 11.7 Å². The quantitative estimate of drug-likeness (QED) is 0.487. The lowest BCUT2D eigenvalue weighted by Crippen LogP contribution is -2.31. The Morgan fingerprint density at radius 3 is 2.30 bits per heavy atom. The average molecular weight is 377 g/mol. The fourth-order valence-corrected chi connectivity index (χ4v) is 2.47. The van der Waals surface area contributed by atoms with Gasteiger partial charge in [-0.15, -0.1) is 0 Å². The summed E-state index contributed by atoms with van der Waals surface area (Å²) in [7, 11) is 1.29. The molecule has 0 radical (unpaired) electrons. The summed E-state index contributed by atoms with van der Waals surface area (Å²) in [4.78, 5) is 12.5. The Morgan fingerprint density at radius 1 is 1.22 bits per heavy atom. The molecule has 0 saturated carbocycles. The van der Waals surface area contributed by atoms with Gasteiger partial charge < -0.3 is 20.5 Å². The van der Waals surface area contributed by atoms with Crippen LogP contribution in [0.1, 0.15) is 29.7 Å². The fraction of sp³-hybridized carbons (Fsp3) is 0.263. The Balaban J connectivity index is 2.16. The van der Waals surface area contributed by atoms with E-state index in [2.05, 4.69) is 5.32 Å². The first-order chi connectivity index (χ1) is 12.9. The molecule has 0 heterocycles. The Bertz CT molecular complexity index is 802. The lowest BCUT2D eigenvalue weighted by molar-refractivity contribution is -0.133. The topological polar surface area (TPSA) is 97.4 Å². The van der Waals surface area contributed by atoms with E-state index in [4.69, 9.17) is 20.6 Å². The van der Waals surface area contributed by atoms with Crippen LogP contribution < -0.4 is 15.8 Å². The van der Waals surface area contributed by atoms with Crippen LogP contribution in [0.5, 0.6) is 5.75 Å². The Kier molecular flexibility index (Phi) is 6.84. The van der Waals surface area contributed by atoms with Crippen LogP contribution in [0.25, 0.3) is 0 Å². The molecule has 0 saturated heterocycles. The summed E-state index contributed by atoms with van der Waals surface area (Å²) in [5.41, 5.74) is 6.21. The first-order valence-electron chi connectivity index (χ1n) is 8.23. The molecule has 1 atom stereocenters. The zero-order valence-electron chi connectivity index (χ0n) is 15.0. The highest BCUT2D eigenvalue weighted by atomic mass is 19.1. The number of amidine groups is 1. The van der Waals surface area contributed by atoms with Gasteiger partial charge in [0, 0.05) is 30.8 Å². The maximum atomic E-state index is 14.3. The van der Waals surface area contributed by atoms with Crippen LogP contribution in [-0.4, -0.2) is 25.5 Å². The van der Waals surface area contributed by atoms with Gasteiger partial charge in [-0.1, -0.05) is 24.3 Å². The van der Waals surface area contributed by atoms with Crippen molar-refractivity contribution in [3.8, 4) is 5.75 Å². The van der Waals surface area contributed by atoms with Gasteiger partial charge in [0.25, 0.3) is 5.91 Å². The number of amides is 1. The lowest BCUT2D eigenvalue weighted by Gasteiger charge is -2.19. The first-order valence-corrected chi connectivity index (χ1v) is 8.23. The predicted octanol–water partition coefficient (Wildman–Crippen LogP) is 2.65. The van der Waals surface area contributed by atoms with Gasteiger partial charge in [0.1, 0.15) is 23.2 Å². The van der Waals surface area contributed by atoms with Gasteiger partial charge in [-0.25, -0.2) is 8.78 Å². The van der Waals surface area contributed by atoms with Crippen molar-refractivity contribution in [2.75, 3.05) is 13.7 Å². The number of carbonyl (C=O) groups is 1. The van der Waals surface area contributed by atoms with Gasteiger partial charge in [0.05, 0.1) is 12.7 Å². The number of nitrogen functional groups attached to an aromatic ring is 1. The number of rotatable bonds is 8.